The molecule has 0 saturated carbocycles. The maximum Gasteiger partial charge on any atom is 0.300 e. The fourth-order valence-corrected chi connectivity index (χ4v) is 4.75. The number of rotatable bonds is 7. The van der Waals surface area contributed by atoms with E-state index in [0.29, 0.717) is 34.1 Å². The first-order valence-corrected chi connectivity index (χ1v) is 12.8. The van der Waals surface area contributed by atoms with E-state index >= 15 is 0 Å². The van der Waals surface area contributed by atoms with Crippen molar-refractivity contribution in [2.24, 2.45) is 0 Å². The summed E-state index contributed by atoms with van der Waals surface area (Å²) in [6, 6.07) is 30.0. The zero-order valence-electron chi connectivity index (χ0n) is 22.0. The van der Waals surface area contributed by atoms with Crippen LogP contribution in [0.15, 0.2) is 109 Å². The number of nitrogens with zero attached hydrogens (tertiary/aromatic N) is 1. The minimum absolute atomic E-state index is 0.00168. The lowest BCUT2D eigenvalue weighted by Gasteiger charge is -2.27. The molecule has 0 radical (unpaired) electrons. The molecule has 1 N–H and O–H groups in total. The molecular weight excluding hydrogens is 490 g/mol. The largest absolute Gasteiger partial charge is 0.507 e. The first-order valence-electron chi connectivity index (χ1n) is 12.8. The second-order valence-electron chi connectivity index (χ2n) is 9.64. The summed E-state index contributed by atoms with van der Waals surface area (Å²) < 4.78 is 11.8. The molecule has 0 aliphatic carbocycles. The second kappa shape index (κ2) is 10.9. The van der Waals surface area contributed by atoms with Crippen LogP contribution in [0, 0.1) is 6.92 Å². The Bertz CT molecular complexity index is 1560. The van der Waals surface area contributed by atoms with Crippen molar-refractivity contribution in [3.05, 3.63) is 125 Å². The molecule has 39 heavy (non-hydrogen) atoms. The van der Waals surface area contributed by atoms with Crippen LogP contribution in [0.1, 0.15) is 36.6 Å². The van der Waals surface area contributed by atoms with Crippen molar-refractivity contribution in [2.75, 3.05) is 4.90 Å². The molecule has 0 spiro atoms. The van der Waals surface area contributed by atoms with E-state index in [0.717, 1.165) is 5.56 Å². The van der Waals surface area contributed by atoms with E-state index in [9.17, 15) is 14.7 Å². The molecule has 4 aromatic carbocycles. The Kier molecular flexibility index (Phi) is 7.19. The molecule has 1 unspecified atom stereocenters. The third kappa shape index (κ3) is 5.27. The van der Waals surface area contributed by atoms with E-state index in [1.54, 1.807) is 36.4 Å². The minimum Gasteiger partial charge on any atom is -0.507 e. The van der Waals surface area contributed by atoms with Gasteiger partial charge >= 0.3 is 0 Å². The molecule has 1 fully saturated rings. The van der Waals surface area contributed by atoms with Crippen molar-refractivity contribution in [1.29, 1.82) is 0 Å². The predicted octanol–water partition coefficient (Wildman–Crippen LogP) is 7.20. The molecule has 196 valence electrons. The number of carbonyl (C=O) groups is 2. The summed E-state index contributed by atoms with van der Waals surface area (Å²) >= 11 is 0. The quantitative estimate of drug-likeness (QED) is 0.159. The van der Waals surface area contributed by atoms with Crippen molar-refractivity contribution >= 4 is 23.1 Å². The van der Waals surface area contributed by atoms with Gasteiger partial charge in [0.1, 0.15) is 23.0 Å². The SMILES string of the molecule is Cc1ccccc1N1C(=O)C(=O)/C(=C(\O)c2cccc(OC(C)C)c2)C1c1cccc(Oc2ccccc2)c1. The van der Waals surface area contributed by atoms with Crippen LogP contribution in [-0.4, -0.2) is 22.9 Å². The van der Waals surface area contributed by atoms with Gasteiger partial charge in [-0.15, -0.1) is 0 Å². The summed E-state index contributed by atoms with van der Waals surface area (Å²) in [5.41, 5.74) is 2.43. The summed E-state index contributed by atoms with van der Waals surface area (Å²) in [7, 11) is 0. The van der Waals surface area contributed by atoms with Crippen LogP contribution < -0.4 is 14.4 Å². The van der Waals surface area contributed by atoms with Crippen molar-refractivity contribution in [2.45, 2.75) is 32.9 Å². The predicted molar refractivity (Wildman–Crippen MR) is 151 cm³/mol. The van der Waals surface area contributed by atoms with Crippen LogP contribution in [0.25, 0.3) is 5.76 Å². The molecule has 0 aromatic heterocycles. The number of benzene rings is 4. The lowest BCUT2D eigenvalue weighted by atomic mass is 9.94. The number of hydrogen-bond donors (Lipinski definition) is 1. The average molecular weight is 520 g/mol. The highest BCUT2D eigenvalue weighted by Crippen LogP contribution is 2.44. The van der Waals surface area contributed by atoms with Crippen molar-refractivity contribution in [1.82, 2.24) is 0 Å². The van der Waals surface area contributed by atoms with E-state index < -0.39 is 17.7 Å². The van der Waals surface area contributed by atoms with Crippen molar-refractivity contribution in [3.8, 4) is 17.2 Å². The van der Waals surface area contributed by atoms with Gasteiger partial charge < -0.3 is 14.6 Å². The topological polar surface area (TPSA) is 76.1 Å². The van der Waals surface area contributed by atoms with Gasteiger partial charge in [-0.3, -0.25) is 14.5 Å². The molecule has 5 rings (SSSR count). The molecule has 1 atom stereocenters. The van der Waals surface area contributed by atoms with Gasteiger partial charge in [-0.25, -0.2) is 0 Å². The minimum atomic E-state index is -0.875. The number of Topliss-reactive ketones (excluding diaryl/α,β-unsaturated/α-hetero) is 1. The molecular formula is C33H29NO5. The highest BCUT2D eigenvalue weighted by atomic mass is 16.5. The Morgan fingerprint density at radius 1 is 0.795 bits per heavy atom. The molecule has 1 aliphatic rings. The molecule has 6 heteroatoms. The number of aliphatic hydroxyl groups is 1. The number of para-hydroxylation sites is 2. The standard InChI is InChI=1S/C33H29NO5/c1-21(2)38-26-16-10-13-24(20-26)31(35)29-30(34(33(37)32(29)36)28-18-8-7-11-22(28)3)23-12-9-17-27(19-23)39-25-14-5-4-6-15-25/h4-21,30,35H,1-3H3/b31-29-. The molecule has 0 bridgehead atoms. The number of ketones is 1. The molecule has 1 aliphatic heterocycles. The van der Waals surface area contributed by atoms with Crippen LogP contribution >= 0.6 is 0 Å². The molecule has 1 amide bonds. The van der Waals surface area contributed by atoms with Crippen molar-refractivity contribution in [3.63, 3.8) is 0 Å². The summed E-state index contributed by atoms with van der Waals surface area (Å²) in [6.07, 6.45) is -0.0682. The Balaban J connectivity index is 1.67. The maximum absolute atomic E-state index is 13.6. The van der Waals surface area contributed by atoms with Gasteiger partial charge in [-0.2, -0.15) is 0 Å². The second-order valence-corrected chi connectivity index (χ2v) is 9.64. The Labute approximate surface area is 227 Å². The monoisotopic (exact) mass is 519 g/mol. The summed E-state index contributed by atoms with van der Waals surface area (Å²) in [4.78, 5) is 28.6. The number of anilines is 1. The van der Waals surface area contributed by atoms with Crippen molar-refractivity contribution < 1.29 is 24.2 Å². The van der Waals surface area contributed by atoms with E-state index in [1.807, 2.05) is 87.5 Å². The Morgan fingerprint density at radius 3 is 2.21 bits per heavy atom. The molecule has 4 aromatic rings. The molecule has 1 saturated heterocycles. The smallest absolute Gasteiger partial charge is 0.300 e. The Hall–Kier alpha value is -4.84. The first kappa shape index (κ1) is 25.8. The fraction of sp³-hybridized carbons (Fsp3) is 0.152. The van der Waals surface area contributed by atoms with Crippen LogP contribution in [0.5, 0.6) is 17.2 Å². The van der Waals surface area contributed by atoms with Gasteiger partial charge in [-0.05, 0) is 74.4 Å². The lowest BCUT2D eigenvalue weighted by Crippen LogP contribution is -2.30. The summed E-state index contributed by atoms with van der Waals surface area (Å²) in [5, 5.41) is 11.5. The number of amides is 1. The third-order valence-electron chi connectivity index (χ3n) is 6.45. The van der Waals surface area contributed by atoms with Crippen LogP contribution in [-0.2, 0) is 9.59 Å². The highest BCUT2D eigenvalue weighted by molar-refractivity contribution is 6.51. The van der Waals surface area contributed by atoms with E-state index in [1.165, 1.54) is 4.90 Å². The Morgan fingerprint density at radius 2 is 1.46 bits per heavy atom. The summed E-state index contributed by atoms with van der Waals surface area (Å²) in [5.74, 6) is 0.0195. The molecule has 6 nitrogen and oxygen atoms in total. The van der Waals surface area contributed by atoms with Crippen LogP contribution in [0.2, 0.25) is 0 Å². The van der Waals surface area contributed by atoms with Crippen LogP contribution in [0.3, 0.4) is 0 Å². The summed E-state index contributed by atoms with van der Waals surface area (Å²) in [6.45, 7) is 5.70. The van der Waals surface area contributed by atoms with Gasteiger partial charge in [0.25, 0.3) is 11.7 Å². The van der Waals surface area contributed by atoms with E-state index in [4.69, 9.17) is 9.47 Å². The number of aliphatic hydroxyl groups excluding tert-OH is 1. The number of aryl methyl sites for hydroxylation is 1. The maximum atomic E-state index is 13.6. The van der Waals surface area contributed by atoms with Gasteiger partial charge in [-0.1, -0.05) is 60.7 Å². The third-order valence-corrected chi connectivity index (χ3v) is 6.45. The number of ether oxygens (including phenoxy) is 2. The highest BCUT2D eigenvalue weighted by Gasteiger charge is 2.47. The van der Waals surface area contributed by atoms with Gasteiger partial charge in [0.05, 0.1) is 17.7 Å². The van der Waals surface area contributed by atoms with E-state index in [2.05, 4.69) is 0 Å². The van der Waals surface area contributed by atoms with Gasteiger partial charge in [0.2, 0.25) is 0 Å². The van der Waals surface area contributed by atoms with E-state index in [-0.39, 0.29) is 17.4 Å². The zero-order valence-corrected chi connectivity index (χ0v) is 22.0. The first-order chi connectivity index (χ1) is 18.8. The molecule has 1 heterocycles. The number of hydrogen-bond acceptors (Lipinski definition) is 5. The van der Waals surface area contributed by atoms with Gasteiger partial charge in [0, 0.05) is 11.3 Å². The van der Waals surface area contributed by atoms with Gasteiger partial charge in [0.15, 0.2) is 0 Å². The average Bonchev–Trinajstić information content (AvgIpc) is 3.19. The lowest BCUT2D eigenvalue weighted by molar-refractivity contribution is -0.132. The fourth-order valence-electron chi connectivity index (χ4n) is 4.75. The number of carbonyl (C=O) groups excluding carboxylic acids is 2. The van der Waals surface area contributed by atoms with Crippen LogP contribution in [0.4, 0.5) is 5.69 Å². The zero-order chi connectivity index (χ0) is 27.5. The normalized spacial score (nSPS) is 16.5.